The van der Waals surface area contributed by atoms with Gasteiger partial charge in [-0.3, -0.25) is 9.59 Å². The number of Topliss-reactive ketones (excluding diaryl/α,β-unsaturated/α-hetero) is 2. The Labute approximate surface area is 524 Å². The molecule has 0 amide bonds. The number of phenolic OH excluding ortho intramolecular Hbond substituents is 3. The highest BCUT2D eigenvalue weighted by molar-refractivity contribution is 6.06. The van der Waals surface area contributed by atoms with Gasteiger partial charge in [0.05, 0.1) is 25.2 Å². The zero-order chi connectivity index (χ0) is 62.7. The Kier molecular flexibility index (Phi) is 21.7. The number of aromatic hydroxyl groups is 3. The second kappa shape index (κ2) is 30.0. The summed E-state index contributed by atoms with van der Waals surface area (Å²) in [5, 5.41) is 92.5. The Morgan fingerprint density at radius 1 is 0.798 bits per heavy atom. The lowest BCUT2D eigenvalue weighted by molar-refractivity contribution is -0.142. The molecule has 14 nitrogen and oxygen atoms in total. The number of methoxy groups -OCH3 is 1. The minimum atomic E-state index is -1.91. The number of fused-ring (bicyclic) bond motifs is 9. The molecule has 89 heavy (non-hydrogen) atoms. The number of anilines is 1. The van der Waals surface area contributed by atoms with E-state index in [0.29, 0.717) is 86.2 Å². The van der Waals surface area contributed by atoms with Gasteiger partial charge in [0.1, 0.15) is 17.3 Å². The number of ketones is 2. The monoisotopic (exact) mass is 1210 g/mol. The maximum absolute atomic E-state index is 15.5. The first-order chi connectivity index (χ1) is 43.1. The van der Waals surface area contributed by atoms with E-state index in [9.17, 15) is 40.5 Å². The first-order valence-electron chi connectivity index (χ1n) is 32.6. The molecule has 14 heteroatoms. The average molecular weight is 1210 g/mol. The third-order valence-corrected chi connectivity index (χ3v) is 19.8. The number of nitrogens with one attached hydrogen (secondary N) is 4. The Hall–Kier alpha value is -7.38. The molecular formula is C75H92N4O10. The lowest BCUT2D eigenvalue weighted by atomic mass is 9.71. The maximum atomic E-state index is 15.5. The predicted molar refractivity (Wildman–Crippen MR) is 350 cm³/mol. The van der Waals surface area contributed by atoms with Crippen LogP contribution in [0.2, 0.25) is 0 Å². The number of H-pyrrole nitrogens is 1. The van der Waals surface area contributed by atoms with E-state index in [1.54, 1.807) is 18.2 Å². The van der Waals surface area contributed by atoms with E-state index in [0.717, 1.165) is 82.5 Å². The van der Waals surface area contributed by atoms with E-state index in [-0.39, 0.29) is 84.9 Å². The Bertz CT molecular complexity index is 3560. The molecule has 5 aromatic carbocycles. The van der Waals surface area contributed by atoms with E-state index in [1.165, 1.54) is 7.11 Å². The molecule has 3 heterocycles. The van der Waals surface area contributed by atoms with Crippen molar-refractivity contribution in [3.63, 3.8) is 0 Å². The number of aliphatic hydroxyl groups is 4. The van der Waals surface area contributed by atoms with Crippen LogP contribution in [0, 0.1) is 53.3 Å². The highest BCUT2D eigenvalue weighted by Gasteiger charge is 2.45. The number of dihydropyridines is 1. The molecule has 10 rings (SSSR count). The number of carbonyl (C=O) groups is 2. The van der Waals surface area contributed by atoms with Crippen LogP contribution < -0.4 is 20.7 Å². The lowest BCUT2D eigenvalue weighted by Crippen LogP contribution is -2.40. The van der Waals surface area contributed by atoms with Gasteiger partial charge in [-0.05, 0) is 205 Å². The van der Waals surface area contributed by atoms with Gasteiger partial charge in [0.25, 0.3) is 0 Å². The number of ether oxygens (including phenoxy) is 1. The lowest BCUT2D eigenvalue weighted by Gasteiger charge is -2.36. The van der Waals surface area contributed by atoms with Crippen molar-refractivity contribution in [2.75, 3.05) is 38.7 Å². The van der Waals surface area contributed by atoms with Gasteiger partial charge in [0.15, 0.2) is 29.2 Å². The third-order valence-electron chi connectivity index (χ3n) is 19.8. The molecule has 6 aromatic rings. The van der Waals surface area contributed by atoms with Crippen molar-refractivity contribution in [2.45, 2.75) is 147 Å². The standard InChI is InChI=1S/C75H92N4O10/c1-5-10-63-55-33-54(61(15-9-30-80)52-28-29-77-72(38-52)79-57-25-22-49-20-21-53(73(86)67(49)39-57)35-60(82)44-76-42-46(3)56-34-58(78-43-56)40-69(63)84)32-50-23-26-64(62-14-7-6-12-48(62)19-17-45(2)16-18-47-11-8-13-59(81)31-47)65-41-70(85)71(89-4)37-51(65)24-27-68(83)75(88)74(87)66(50)36-55/h6-8,11-14,20-22,25,28,31,34,37-39,41,43,45-46,50,54-55,60-61,63-64,66,69,75-82,84-86,88H,5,9-10,15-19,24,27,29-30,32-33,35-36,40,42,44H2,1-4H3/t45-,46-,50-,54+,55-,60+,61-,63+,64+,66-,69-,75+/m1/s1. The summed E-state index contributed by atoms with van der Waals surface area (Å²) in [7, 11) is 1.48. The number of hydrogen-bond acceptors (Lipinski definition) is 13. The molecule has 11 N–H and O–H groups in total. The van der Waals surface area contributed by atoms with E-state index in [2.05, 4.69) is 83.9 Å². The molecule has 1 saturated carbocycles. The number of aromatic nitrogens is 1. The highest BCUT2D eigenvalue weighted by atomic mass is 16.5. The first-order valence-corrected chi connectivity index (χ1v) is 32.6. The Morgan fingerprint density at radius 3 is 2.43 bits per heavy atom. The second-order valence-corrected chi connectivity index (χ2v) is 26.1. The summed E-state index contributed by atoms with van der Waals surface area (Å²) in [6.07, 6.45) is 10.6. The molecule has 0 unspecified atom stereocenters. The van der Waals surface area contributed by atoms with Gasteiger partial charge in [-0.1, -0.05) is 99.7 Å². The summed E-state index contributed by atoms with van der Waals surface area (Å²) >= 11 is 0. The van der Waals surface area contributed by atoms with Crippen molar-refractivity contribution in [3.05, 3.63) is 171 Å². The van der Waals surface area contributed by atoms with Gasteiger partial charge >= 0.3 is 0 Å². The van der Waals surface area contributed by atoms with Crippen LogP contribution in [-0.2, 0) is 41.7 Å². The van der Waals surface area contributed by atoms with Crippen LogP contribution in [0.4, 0.5) is 5.69 Å². The fraction of sp³-hybridized carbons (Fsp3) is 0.467. The van der Waals surface area contributed by atoms with Crippen LogP contribution >= 0.6 is 0 Å². The minimum Gasteiger partial charge on any atom is -0.508 e. The van der Waals surface area contributed by atoms with Gasteiger partial charge < -0.3 is 61.4 Å². The molecule has 0 radical (unpaired) electrons. The molecule has 0 saturated heterocycles. The number of hydrogen-bond donors (Lipinski definition) is 11. The molecule has 1 aromatic heterocycles. The SMILES string of the molecule is CCC[C@H]1[C@@H]2C[C@H](C[C@H]3C#C[C@@H](c4ccccc4CC[C@H](C)CCc4cccc(O)c4)c4cc(O)c(OC)cc4CCC(=O)[C@H](O)C(=O)[C@@H]3C2)[C@H](CCCO)C2=CCNC(=C2)Nc2ccc3ccc(c(O)c3c2)C[C@H](O)CNC[C@@H](C)c2c[nH]c(c2)C[C@H]1O. The molecule has 0 spiro atoms. The van der Waals surface area contributed by atoms with Gasteiger partial charge in [-0.25, -0.2) is 0 Å². The smallest absolute Gasteiger partial charge is 0.173 e. The van der Waals surface area contributed by atoms with E-state index in [4.69, 9.17) is 4.74 Å². The van der Waals surface area contributed by atoms with Crippen LogP contribution in [0.25, 0.3) is 10.8 Å². The van der Waals surface area contributed by atoms with Gasteiger partial charge in [0, 0.05) is 80.3 Å². The fourth-order valence-corrected chi connectivity index (χ4v) is 14.8. The molecule has 9 bridgehead atoms. The van der Waals surface area contributed by atoms with Crippen LogP contribution in [-0.4, -0.2) is 104 Å². The quantitative estimate of drug-likeness (QED) is 0.0382. The Morgan fingerprint density at radius 2 is 1.62 bits per heavy atom. The fourth-order valence-electron chi connectivity index (χ4n) is 14.8. The number of aliphatic hydroxyl groups excluding tert-OH is 4. The van der Waals surface area contributed by atoms with Gasteiger partial charge in [-0.15, -0.1) is 0 Å². The van der Waals surface area contributed by atoms with Crippen LogP contribution in [0.1, 0.15) is 141 Å². The highest BCUT2D eigenvalue weighted by Crippen LogP contribution is 2.48. The van der Waals surface area contributed by atoms with Crippen molar-refractivity contribution >= 4 is 28.0 Å². The van der Waals surface area contributed by atoms with Crippen molar-refractivity contribution in [1.29, 1.82) is 0 Å². The topological polar surface area (TPSA) is 237 Å². The van der Waals surface area contributed by atoms with Crippen LogP contribution in [0.5, 0.6) is 23.0 Å². The zero-order valence-corrected chi connectivity index (χ0v) is 52.2. The van der Waals surface area contributed by atoms with Gasteiger partial charge in [-0.2, -0.15) is 0 Å². The molecule has 2 aliphatic heterocycles. The number of aromatic amines is 1. The molecule has 1 fully saturated rings. The van der Waals surface area contributed by atoms with Crippen LogP contribution in [0.15, 0.2) is 127 Å². The summed E-state index contributed by atoms with van der Waals surface area (Å²) in [5.41, 5.74) is 8.94. The molecular weight excluding hydrogens is 1120 g/mol. The van der Waals surface area contributed by atoms with Gasteiger partial charge in [0.2, 0.25) is 0 Å². The van der Waals surface area contributed by atoms with Crippen molar-refractivity contribution in [3.8, 4) is 34.8 Å². The number of allylic oxidation sites excluding steroid dienone is 2. The number of benzene rings is 5. The predicted octanol–water partition coefficient (Wildman–Crippen LogP) is 11.2. The summed E-state index contributed by atoms with van der Waals surface area (Å²) in [6.45, 7) is 7.85. The summed E-state index contributed by atoms with van der Waals surface area (Å²) in [6, 6.07) is 31.0. The number of aryl methyl sites for hydroxylation is 3. The normalized spacial score (nSPS) is 25.8. The number of rotatable bonds is 13. The largest absolute Gasteiger partial charge is 0.508 e. The number of carbonyl (C=O) groups excluding carboxylic acids is 2. The molecule has 2 aliphatic carbocycles. The first kappa shape index (κ1) is 64.6. The summed E-state index contributed by atoms with van der Waals surface area (Å²) in [5.74, 6) is 5.11. The molecule has 12 atom stereocenters. The van der Waals surface area contributed by atoms with E-state index < -0.39 is 47.6 Å². The summed E-state index contributed by atoms with van der Waals surface area (Å²) < 4.78 is 5.66. The van der Waals surface area contributed by atoms with Crippen LogP contribution in [0.3, 0.4) is 0 Å². The van der Waals surface area contributed by atoms with E-state index in [1.807, 2.05) is 66.9 Å². The van der Waals surface area contributed by atoms with E-state index >= 15 is 4.79 Å². The number of β-amino-alcohol motifs (C(OH)–C–C–N with tert-alkyl or cyclic N) is 1. The number of phenols is 3. The Balaban J connectivity index is 1.09. The summed E-state index contributed by atoms with van der Waals surface area (Å²) in [4.78, 5) is 33.5. The molecule has 4 aliphatic rings. The van der Waals surface area contributed by atoms with Crippen molar-refractivity contribution in [2.24, 2.45) is 41.4 Å². The van der Waals surface area contributed by atoms with Crippen molar-refractivity contribution in [1.82, 2.24) is 15.6 Å². The maximum Gasteiger partial charge on any atom is 0.173 e. The molecule has 472 valence electrons. The third kappa shape index (κ3) is 15.8. The zero-order valence-electron chi connectivity index (χ0n) is 52.2. The average Bonchev–Trinajstić information content (AvgIpc) is 2.11. The van der Waals surface area contributed by atoms with Crippen molar-refractivity contribution < 1.29 is 50.1 Å². The second-order valence-electron chi connectivity index (χ2n) is 26.1. The minimum absolute atomic E-state index is 0.0380.